The molecule has 0 saturated carbocycles. The molecule has 0 amide bonds. The van der Waals surface area contributed by atoms with Crippen molar-refractivity contribution in [2.45, 2.75) is 4.90 Å². The number of carbonyl (C=O) groups excluding carboxylic acids is 2. The van der Waals surface area contributed by atoms with Gasteiger partial charge < -0.3 is 18.6 Å². The first-order valence-electron chi connectivity index (χ1n) is 10.4. The number of esters is 1. The van der Waals surface area contributed by atoms with E-state index in [1.165, 1.54) is 44.6 Å². The van der Waals surface area contributed by atoms with E-state index in [1.54, 1.807) is 30.3 Å². The predicted octanol–water partition coefficient (Wildman–Crippen LogP) is 4.94. The number of ether oxygens (including phenoxy) is 3. The summed E-state index contributed by atoms with van der Waals surface area (Å²) in [5, 5.41) is 0.912. The van der Waals surface area contributed by atoms with Gasteiger partial charge in [-0.2, -0.15) is 0 Å². The molecule has 1 aromatic heterocycles. The van der Waals surface area contributed by atoms with E-state index in [2.05, 4.69) is 4.72 Å². The predicted molar refractivity (Wildman–Crippen MR) is 133 cm³/mol. The standard InChI is InChI=1S/C25H20ClNO8S/c1-32-22-13-23(33-2)19(12-18(22)26)27-36(30,31)17-8-5-7-16(10-17)25(29)34-14-20(28)24-11-15-6-3-4-9-21(15)35-24/h3-13,27H,14H2,1-2H3. The smallest absolute Gasteiger partial charge is 0.338 e. The van der Waals surface area contributed by atoms with Crippen LogP contribution in [0.2, 0.25) is 5.02 Å². The summed E-state index contributed by atoms with van der Waals surface area (Å²) in [4.78, 5) is 24.7. The largest absolute Gasteiger partial charge is 0.495 e. The second-order valence-electron chi connectivity index (χ2n) is 7.47. The molecule has 0 radical (unpaired) electrons. The van der Waals surface area contributed by atoms with Crippen molar-refractivity contribution >= 4 is 50.0 Å². The number of hydrogen-bond donors (Lipinski definition) is 1. The van der Waals surface area contributed by atoms with Crippen LogP contribution in [0, 0.1) is 0 Å². The summed E-state index contributed by atoms with van der Waals surface area (Å²) in [5.74, 6) is -0.871. The molecule has 0 aliphatic heterocycles. The van der Waals surface area contributed by atoms with E-state index in [-0.39, 0.29) is 32.7 Å². The number of halogens is 1. The second-order valence-corrected chi connectivity index (χ2v) is 9.56. The molecule has 1 heterocycles. The highest BCUT2D eigenvalue weighted by Crippen LogP contribution is 2.37. The summed E-state index contributed by atoms with van der Waals surface area (Å²) in [7, 11) is -1.37. The van der Waals surface area contributed by atoms with Crippen LogP contribution in [-0.2, 0) is 14.8 Å². The van der Waals surface area contributed by atoms with Gasteiger partial charge in [-0.25, -0.2) is 13.2 Å². The van der Waals surface area contributed by atoms with Crippen molar-refractivity contribution in [1.82, 2.24) is 0 Å². The van der Waals surface area contributed by atoms with Gasteiger partial charge in [0.25, 0.3) is 10.0 Å². The normalized spacial score (nSPS) is 11.2. The van der Waals surface area contributed by atoms with Crippen molar-refractivity contribution < 1.29 is 36.6 Å². The minimum atomic E-state index is -4.15. The number of carbonyl (C=O) groups is 2. The highest BCUT2D eigenvalue weighted by atomic mass is 35.5. The minimum Gasteiger partial charge on any atom is -0.495 e. The molecule has 9 nitrogen and oxygen atoms in total. The molecule has 0 bridgehead atoms. The minimum absolute atomic E-state index is 0.0524. The summed E-state index contributed by atoms with van der Waals surface area (Å²) in [6.45, 7) is -0.574. The van der Waals surface area contributed by atoms with Crippen molar-refractivity contribution in [2.75, 3.05) is 25.5 Å². The van der Waals surface area contributed by atoms with Crippen molar-refractivity contribution in [2.24, 2.45) is 0 Å². The Balaban J connectivity index is 1.48. The van der Waals surface area contributed by atoms with Gasteiger partial charge in [0.15, 0.2) is 12.4 Å². The third kappa shape index (κ3) is 5.29. The fourth-order valence-electron chi connectivity index (χ4n) is 3.34. The fourth-order valence-corrected chi connectivity index (χ4v) is 4.69. The molecule has 0 spiro atoms. The molecule has 0 unspecified atom stereocenters. The topological polar surface area (TPSA) is 121 Å². The van der Waals surface area contributed by atoms with Crippen molar-refractivity contribution in [3.8, 4) is 11.5 Å². The lowest BCUT2D eigenvalue weighted by molar-refractivity contribution is 0.0468. The van der Waals surface area contributed by atoms with Gasteiger partial charge in [0.05, 0.1) is 35.4 Å². The summed E-state index contributed by atoms with van der Waals surface area (Å²) < 4.78 is 49.3. The highest BCUT2D eigenvalue weighted by molar-refractivity contribution is 7.92. The third-order valence-corrected chi connectivity index (χ3v) is 6.79. The number of methoxy groups -OCH3 is 2. The lowest BCUT2D eigenvalue weighted by Crippen LogP contribution is -2.16. The van der Waals surface area contributed by atoms with Gasteiger partial charge in [-0.15, -0.1) is 0 Å². The highest BCUT2D eigenvalue weighted by Gasteiger charge is 2.21. The molecule has 0 aliphatic rings. The van der Waals surface area contributed by atoms with Gasteiger partial charge in [-0.1, -0.05) is 35.9 Å². The SMILES string of the molecule is COc1cc(OC)c(NS(=O)(=O)c2cccc(C(=O)OCC(=O)c3cc4ccccc4o3)c2)cc1Cl. The third-order valence-electron chi connectivity index (χ3n) is 5.13. The Hall–Kier alpha value is -4.02. The Kier molecular flexibility index (Phi) is 7.18. The Labute approximate surface area is 211 Å². The van der Waals surface area contributed by atoms with Crippen LogP contribution in [0.25, 0.3) is 11.0 Å². The van der Waals surface area contributed by atoms with Gasteiger partial charge in [0, 0.05) is 11.5 Å². The quantitative estimate of drug-likeness (QED) is 0.239. The van der Waals surface area contributed by atoms with Crippen LogP contribution in [0.5, 0.6) is 11.5 Å². The summed E-state index contributed by atoms with van der Waals surface area (Å²) in [6.07, 6.45) is 0. The monoisotopic (exact) mass is 529 g/mol. The van der Waals surface area contributed by atoms with E-state index in [9.17, 15) is 18.0 Å². The number of nitrogens with one attached hydrogen (secondary N) is 1. The first-order chi connectivity index (χ1) is 17.2. The molecule has 0 fully saturated rings. The van der Waals surface area contributed by atoms with Crippen LogP contribution in [0.1, 0.15) is 20.9 Å². The van der Waals surface area contributed by atoms with E-state index in [0.29, 0.717) is 11.3 Å². The van der Waals surface area contributed by atoms with Crippen LogP contribution in [0.3, 0.4) is 0 Å². The van der Waals surface area contributed by atoms with E-state index in [4.69, 9.17) is 30.2 Å². The zero-order chi connectivity index (χ0) is 25.9. The molecule has 4 rings (SSSR count). The average Bonchev–Trinajstić information content (AvgIpc) is 3.32. The molecule has 4 aromatic rings. The molecule has 0 aliphatic carbocycles. The van der Waals surface area contributed by atoms with Crippen LogP contribution in [0.15, 0.2) is 76.0 Å². The zero-order valence-corrected chi connectivity index (χ0v) is 20.7. The van der Waals surface area contributed by atoms with Crippen LogP contribution in [-0.4, -0.2) is 41.0 Å². The maximum absolute atomic E-state index is 13.0. The molecule has 3 aromatic carbocycles. The number of furan rings is 1. The van der Waals surface area contributed by atoms with Gasteiger partial charge in [-0.3, -0.25) is 9.52 Å². The number of ketones is 1. The van der Waals surface area contributed by atoms with Gasteiger partial charge in [-0.05, 0) is 36.4 Å². The average molecular weight is 530 g/mol. The zero-order valence-electron chi connectivity index (χ0n) is 19.1. The molecule has 186 valence electrons. The number of anilines is 1. The van der Waals surface area contributed by atoms with E-state index >= 15 is 0 Å². The summed E-state index contributed by atoms with van der Waals surface area (Å²) in [6, 6.07) is 16.6. The molecular weight excluding hydrogens is 510 g/mol. The lowest BCUT2D eigenvalue weighted by atomic mass is 10.2. The Morgan fingerprint density at radius 2 is 1.69 bits per heavy atom. The number of para-hydroxylation sites is 1. The fraction of sp³-hybridized carbons (Fsp3) is 0.120. The molecule has 36 heavy (non-hydrogen) atoms. The Morgan fingerprint density at radius 3 is 2.42 bits per heavy atom. The maximum atomic E-state index is 13.0. The molecular formula is C25H20ClNO8S. The molecule has 11 heteroatoms. The van der Waals surface area contributed by atoms with Crippen molar-refractivity contribution in [3.05, 3.63) is 83.1 Å². The number of Topliss-reactive ketones (excluding diaryl/α,β-unsaturated/α-hetero) is 1. The Bertz CT molecular complexity index is 1530. The maximum Gasteiger partial charge on any atom is 0.338 e. The number of sulfonamides is 1. The number of fused-ring (bicyclic) bond motifs is 1. The van der Waals surface area contributed by atoms with Crippen LogP contribution >= 0.6 is 11.6 Å². The number of benzene rings is 3. The first kappa shape index (κ1) is 25.1. The van der Waals surface area contributed by atoms with Gasteiger partial charge >= 0.3 is 5.97 Å². The van der Waals surface area contributed by atoms with Crippen molar-refractivity contribution in [1.29, 1.82) is 0 Å². The van der Waals surface area contributed by atoms with Crippen LogP contribution < -0.4 is 14.2 Å². The summed E-state index contributed by atoms with van der Waals surface area (Å²) >= 11 is 6.12. The van der Waals surface area contributed by atoms with Gasteiger partial charge in [0.2, 0.25) is 5.78 Å². The number of hydrogen-bond acceptors (Lipinski definition) is 8. The Morgan fingerprint density at radius 1 is 0.944 bits per heavy atom. The first-order valence-corrected chi connectivity index (χ1v) is 12.3. The molecule has 0 saturated heterocycles. The second kappa shape index (κ2) is 10.3. The van der Waals surface area contributed by atoms with E-state index < -0.39 is 28.4 Å². The van der Waals surface area contributed by atoms with E-state index in [0.717, 1.165) is 11.5 Å². The van der Waals surface area contributed by atoms with Crippen LogP contribution in [0.4, 0.5) is 5.69 Å². The van der Waals surface area contributed by atoms with Gasteiger partial charge in [0.1, 0.15) is 17.1 Å². The summed E-state index contributed by atoms with van der Waals surface area (Å²) in [5.41, 5.74) is 0.551. The molecule has 0 atom stereocenters. The number of rotatable bonds is 9. The van der Waals surface area contributed by atoms with Crippen molar-refractivity contribution in [3.63, 3.8) is 0 Å². The molecule has 1 N–H and O–H groups in total. The van der Waals surface area contributed by atoms with E-state index in [1.807, 2.05) is 0 Å². The lowest BCUT2D eigenvalue weighted by Gasteiger charge is -2.14.